The Hall–Kier alpha value is -1.71. The number of carbonyl (C=O) groups is 2. The zero-order valence-electron chi connectivity index (χ0n) is 18.3. The van der Waals surface area contributed by atoms with Crippen molar-refractivity contribution >= 4 is 51.7 Å². The van der Waals surface area contributed by atoms with Crippen LogP contribution in [0.1, 0.15) is 37.7 Å². The number of piperidine rings is 1. The van der Waals surface area contributed by atoms with E-state index in [2.05, 4.69) is 38.1 Å². The molecule has 2 aliphatic heterocycles. The average molecular weight is 582 g/mol. The molecule has 3 aliphatic rings. The number of hydrogen-bond acceptors (Lipinski definition) is 3. The van der Waals surface area contributed by atoms with Crippen LogP contribution in [0.5, 0.6) is 0 Å². The number of amides is 2. The summed E-state index contributed by atoms with van der Waals surface area (Å²) in [5, 5.41) is 6.03. The Morgan fingerprint density at radius 2 is 2.03 bits per heavy atom. The van der Waals surface area contributed by atoms with Gasteiger partial charge in [-0.1, -0.05) is 29.8 Å². The third-order valence-corrected chi connectivity index (χ3v) is 8.39. The lowest BCUT2D eigenvalue weighted by Gasteiger charge is -2.40. The fourth-order valence-electron chi connectivity index (χ4n) is 5.67. The number of nitrogens with one attached hydrogen (secondary N) is 2. The van der Waals surface area contributed by atoms with E-state index >= 15 is 4.39 Å². The Kier molecular flexibility index (Phi) is 6.16. The molecule has 33 heavy (non-hydrogen) atoms. The molecule has 2 N–H and O–H groups in total. The standard InChI is InChI=1S/C25H26ClFIN3O2/c1-25(24(33)30-16-5-2-4-15(28)12-16)21(17-6-3-7-18(26)22(17)27)20-19(10-11-29-23(20)32)31(25)13-14-8-9-14/h2-7,12,14,19-21H,8-11,13H2,1H3,(H,29,32)(H,30,33)/t19-,20+,21-,25+/m0/s1. The first-order chi connectivity index (χ1) is 15.8. The molecular formula is C25H26ClFIN3O2. The van der Waals surface area contributed by atoms with Gasteiger partial charge in [-0.25, -0.2) is 4.39 Å². The Morgan fingerprint density at radius 3 is 2.76 bits per heavy atom. The second-order valence-corrected chi connectivity index (χ2v) is 11.2. The van der Waals surface area contributed by atoms with Gasteiger partial charge in [0.15, 0.2) is 0 Å². The van der Waals surface area contributed by atoms with E-state index in [0.717, 1.165) is 29.4 Å². The van der Waals surface area contributed by atoms with Crippen molar-refractivity contribution in [2.75, 3.05) is 18.4 Å². The third-order valence-electron chi connectivity index (χ3n) is 7.43. The zero-order chi connectivity index (χ0) is 23.3. The predicted octanol–water partition coefficient (Wildman–Crippen LogP) is 4.80. The van der Waals surface area contributed by atoms with Gasteiger partial charge in [0.1, 0.15) is 11.4 Å². The molecule has 0 radical (unpaired) electrons. The summed E-state index contributed by atoms with van der Waals surface area (Å²) in [4.78, 5) is 29.4. The fraction of sp³-hybridized carbons (Fsp3) is 0.440. The first-order valence-corrected chi connectivity index (χ1v) is 12.8. The molecule has 0 bridgehead atoms. The number of fused-ring (bicyclic) bond motifs is 1. The van der Waals surface area contributed by atoms with Gasteiger partial charge in [-0.15, -0.1) is 0 Å². The Balaban J connectivity index is 1.64. The molecule has 0 spiro atoms. The molecule has 5 nitrogen and oxygen atoms in total. The highest BCUT2D eigenvalue weighted by molar-refractivity contribution is 14.1. The van der Waals surface area contributed by atoms with Crippen molar-refractivity contribution in [2.45, 2.75) is 43.7 Å². The van der Waals surface area contributed by atoms with Crippen molar-refractivity contribution in [3.8, 4) is 0 Å². The minimum atomic E-state index is -1.12. The molecule has 4 atom stereocenters. The van der Waals surface area contributed by atoms with Gasteiger partial charge in [-0.05, 0) is 84.5 Å². The lowest BCUT2D eigenvalue weighted by molar-refractivity contribution is -0.128. The molecule has 8 heteroatoms. The van der Waals surface area contributed by atoms with Crippen LogP contribution in [0, 0.1) is 21.2 Å². The molecular weight excluding hydrogens is 556 g/mol. The molecule has 2 amide bonds. The number of benzene rings is 2. The van der Waals surface area contributed by atoms with Crippen LogP contribution in [0.3, 0.4) is 0 Å². The van der Waals surface area contributed by atoms with Gasteiger partial charge >= 0.3 is 0 Å². The van der Waals surface area contributed by atoms with E-state index in [0.29, 0.717) is 23.7 Å². The van der Waals surface area contributed by atoms with Crippen LogP contribution in [0.2, 0.25) is 5.02 Å². The predicted molar refractivity (Wildman–Crippen MR) is 135 cm³/mol. The summed E-state index contributed by atoms with van der Waals surface area (Å²) in [5.74, 6) is -1.59. The number of hydrogen-bond donors (Lipinski definition) is 2. The van der Waals surface area contributed by atoms with Crippen molar-refractivity contribution in [3.63, 3.8) is 0 Å². The van der Waals surface area contributed by atoms with Crippen molar-refractivity contribution < 1.29 is 14.0 Å². The molecule has 3 fully saturated rings. The van der Waals surface area contributed by atoms with E-state index in [9.17, 15) is 9.59 Å². The zero-order valence-corrected chi connectivity index (χ0v) is 21.2. The minimum Gasteiger partial charge on any atom is -0.356 e. The van der Waals surface area contributed by atoms with Crippen LogP contribution >= 0.6 is 34.2 Å². The lowest BCUT2D eigenvalue weighted by atomic mass is 9.73. The third kappa shape index (κ3) is 4.06. The van der Waals surface area contributed by atoms with E-state index in [4.69, 9.17) is 11.6 Å². The van der Waals surface area contributed by atoms with Gasteiger partial charge < -0.3 is 10.6 Å². The summed E-state index contributed by atoms with van der Waals surface area (Å²) >= 11 is 8.37. The van der Waals surface area contributed by atoms with Crippen LogP contribution in [0.25, 0.3) is 0 Å². The number of likely N-dealkylation sites (tertiary alicyclic amines) is 1. The molecule has 0 unspecified atom stereocenters. The Morgan fingerprint density at radius 1 is 1.27 bits per heavy atom. The highest BCUT2D eigenvalue weighted by atomic mass is 127. The lowest BCUT2D eigenvalue weighted by Crippen LogP contribution is -2.56. The quantitative estimate of drug-likeness (QED) is 0.499. The highest BCUT2D eigenvalue weighted by Crippen LogP contribution is 2.53. The highest BCUT2D eigenvalue weighted by Gasteiger charge is 2.64. The second kappa shape index (κ2) is 8.82. The van der Waals surface area contributed by atoms with Crippen molar-refractivity contribution in [1.82, 2.24) is 10.2 Å². The summed E-state index contributed by atoms with van der Waals surface area (Å²) in [6.45, 7) is 3.15. The monoisotopic (exact) mass is 581 g/mol. The number of carbonyl (C=O) groups excluding carboxylic acids is 2. The summed E-state index contributed by atoms with van der Waals surface area (Å²) in [7, 11) is 0. The van der Waals surface area contributed by atoms with Gasteiger partial charge in [0.2, 0.25) is 11.8 Å². The average Bonchev–Trinajstić information content (AvgIpc) is 3.56. The van der Waals surface area contributed by atoms with Crippen molar-refractivity contribution in [2.24, 2.45) is 11.8 Å². The fourth-order valence-corrected chi connectivity index (χ4v) is 6.39. The summed E-state index contributed by atoms with van der Waals surface area (Å²) < 4.78 is 16.4. The van der Waals surface area contributed by atoms with Gasteiger partial charge in [0, 0.05) is 34.3 Å². The molecule has 0 aromatic heterocycles. The number of halogens is 3. The van der Waals surface area contributed by atoms with Crippen LogP contribution in [0.4, 0.5) is 10.1 Å². The van der Waals surface area contributed by atoms with Crippen LogP contribution in [0.15, 0.2) is 42.5 Å². The topological polar surface area (TPSA) is 61.4 Å². The van der Waals surface area contributed by atoms with E-state index in [1.54, 1.807) is 12.1 Å². The van der Waals surface area contributed by atoms with E-state index in [1.165, 1.54) is 6.07 Å². The molecule has 1 aliphatic carbocycles. The Bertz CT molecular complexity index is 1110. The van der Waals surface area contributed by atoms with Gasteiger partial charge in [0.25, 0.3) is 0 Å². The van der Waals surface area contributed by atoms with Crippen molar-refractivity contribution in [1.29, 1.82) is 0 Å². The van der Waals surface area contributed by atoms with E-state index in [1.807, 2.05) is 31.2 Å². The minimum absolute atomic E-state index is 0.00119. The van der Waals surface area contributed by atoms with E-state index < -0.39 is 23.2 Å². The Labute approximate surface area is 211 Å². The van der Waals surface area contributed by atoms with Gasteiger partial charge in [-0.3, -0.25) is 14.5 Å². The maximum atomic E-state index is 15.4. The molecule has 2 saturated heterocycles. The van der Waals surface area contributed by atoms with Gasteiger partial charge in [-0.2, -0.15) is 0 Å². The maximum absolute atomic E-state index is 15.4. The van der Waals surface area contributed by atoms with E-state index in [-0.39, 0.29) is 22.9 Å². The first kappa shape index (κ1) is 23.1. The summed E-state index contributed by atoms with van der Waals surface area (Å²) in [6, 6.07) is 12.3. The van der Waals surface area contributed by atoms with Crippen molar-refractivity contribution in [3.05, 3.63) is 62.4 Å². The van der Waals surface area contributed by atoms with Crippen LogP contribution in [-0.2, 0) is 9.59 Å². The maximum Gasteiger partial charge on any atom is 0.245 e. The van der Waals surface area contributed by atoms with Crippen LogP contribution < -0.4 is 10.6 Å². The SMILES string of the molecule is C[C@]1(C(=O)Nc2cccc(I)c2)[C@@H](c2cccc(Cl)c2F)[C@@H]2C(=O)NCC[C@@H]2N1CC1CC1. The number of anilines is 1. The molecule has 1 saturated carbocycles. The normalized spacial score (nSPS) is 29.5. The van der Waals surface area contributed by atoms with Crippen LogP contribution in [-0.4, -0.2) is 41.4 Å². The molecule has 2 aromatic rings. The second-order valence-electron chi connectivity index (χ2n) is 9.50. The summed E-state index contributed by atoms with van der Waals surface area (Å²) in [5.41, 5.74) is -0.107. The first-order valence-electron chi connectivity index (χ1n) is 11.4. The largest absolute Gasteiger partial charge is 0.356 e. The molecule has 2 aromatic carbocycles. The smallest absolute Gasteiger partial charge is 0.245 e. The molecule has 2 heterocycles. The van der Waals surface area contributed by atoms with Gasteiger partial charge in [0.05, 0.1) is 10.9 Å². The summed E-state index contributed by atoms with van der Waals surface area (Å²) in [6.07, 6.45) is 2.96. The number of rotatable bonds is 5. The molecule has 5 rings (SSSR count). The number of nitrogens with zero attached hydrogens (tertiary/aromatic N) is 1. The molecule has 174 valence electrons.